The molecule has 3 rings (SSSR count). The summed E-state index contributed by atoms with van der Waals surface area (Å²) in [7, 11) is -0.431. The van der Waals surface area contributed by atoms with Crippen LogP contribution in [0.25, 0.3) is 0 Å². The standard InChI is InChI=1S/C27H41F5OSi/c1-2-3-6-15-34-16-13-23(14-17-34)22-11-9-20(10-12-22)7-4-5-8-21-18-24(28)26(25(29)19-21)33-27(30,31)32/h18-20,22-23,34H,2-17H2,1H3. The third kappa shape index (κ3) is 8.83. The summed E-state index contributed by atoms with van der Waals surface area (Å²) in [5.74, 6) is -1.35. The van der Waals surface area contributed by atoms with Crippen molar-refractivity contribution < 1.29 is 26.7 Å². The third-order valence-corrected chi connectivity index (χ3v) is 11.8. The van der Waals surface area contributed by atoms with Crippen LogP contribution in [0, 0.1) is 29.4 Å². The zero-order valence-corrected chi connectivity index (χ0v) is 21.7. The number of ether oxygens (including phenoxy) is 1. The first-order chi connectivity index (χ1) is 16.2. The van der Waals surface area contributed by atoms with E-state index in [2.05, 4.69) is 11.7 Å². The Morgan fingerprint density at radius 3 is 2.06 bits per heavy atom. The molecule has 0 atom stereocenters. The maximum absolute atomic E-state index is 13.9. The summed E-state index contributed by atoms with van der Waals surface area (Å²) in [6.45, 7) is 2.29. The molecule has 1 saturated carbocycles. The molecule has 0 radical (unpaired) electrons. The van der Waals surface area contributed by atoms with Crippen molar-refractivity contribution >= 4 is 8.80 Å². The van der Waals surface area contributed by atoms with Gasteiger partial charge in [-0.05, 0) is 61.1 Å². The summed E-state index contributed by atoms with van der Waals surface area (Å²) in [4.78, 5) is 0. The van der Waals surface area contributed by atoms with Crippen LogP contribution < -0.4 is 4.74 Å². The van der Waals surface area contributed by atoms with Crippen molar-refractivity contribution in [3.8, 4) is 5.75 Å². The van der Waals surface area contributed by atoms with Crippen LogP contribution in [-0.2, 0) is 6.42 Å². The number of rotatable bonds is 11. The van der Waals surface area contributed by atoms with E-state index in [0.717, 1.165) is 49.1 Å². The molecular formula is C27H41F5OSi. The van der Waals surface area contributed by atoms with E-state index in [0.29, 0.717) is 12.0 Å². The Morgan fingerprint density at radius 2 is 1.47 bits per heavy atom. The van der Waals surface area contributed by atoms with Gasteiger partial charge in [-0.3, -0.25) is 0 Å². The second kappa shape index (κ2) is 13.3. The highest BCUT2D eigenvalue weighted by Gasteiger charge is 2.34. The van der Waals surface area contributed by atoms with Crippen molar-refractivity contribution in [3.63, 3.8) is 0 Å². The molecule has 2 aliphatic rings. The van der Waals surface area contributed by atoms with E-state index in [1.807, 2.05) is 0 Å². The molecule has 1 aliphatic heterocycles. The fraction of sp³-hybridized carbons (Fsp3) is 0.778. The Bertz CT molecular complexity index is 714. The molecule has 194 valence electrons. The molecule has 0 bridgehead atoms. The molecule has 2 fully saturated rings. The number of alkyl halides is 3. The van der Waals surface area contributed by atoms with E-state index in [-0.39, 0.29) is 0 Å². The van der Waals surface area contributed by atoms with Crippen LogP contribution in [0.5, 0.6) is 5.75 Å². The minimum Gasteiger partial charge on any atom is -0.399 e. The fourth-order valence-corrected chi connectivity index (χ4v) is 9.84. The lowest BCUT2D eigenvalue weighted by molar-refractivity contribution is -0.276. The van der Waals surface area contributed by atoms with E-state index in [1.165, 1.54) is 57.8 Å². The lowest BCUT2D eigenvalue weighted by Crippen LogP contribution is -2.28. The maximum Gasteiger partial charge on any atom is 0.573 e. The van der Waals surface area contributed by atoms with Gasteiger partial charge in [0.1, 0.15) is 0 Å². The lowest BCUT2D eigenvalue weighted by Gasteiger charge is -2.37. The first kappa shape index (κ1) is 27.5. The molecule has 34 heavy (non-hydrogen) atoms. The molecule has 0 spiro atoms. The van der Waals surface area contributed by atoms with Gasteiger partial charge in [-0.15, -0.1) is 13.2 Å². The zero-order chi connectivity index (χ0) is 24.6. The van der Waals surface area contributed by atoms with Gasteiger partial charge in [0.15, 0.2) is 11.6 Å². The van der Waals surface area contributed by atoms with E-state index >= 15 is 0 Å². The van der Waals surface area contributed by atoms with Gasteiger partial charge < -0.3 is 4.74 Å². The smallest absolute Gasteiger partial charge is 0.399 e. The highest BCUT2D eigenvalue weighted by molar-refractivity contribution is 6.58. The van der Waals surface area contributed by atoms with Crippen molar-refractivity contribution in [2.24, 2.45) is 17.8 Å². The van der Waals surface area contributed by atoms with Gasteiger partial charge in [-0.2, -0.15) is 0 Å². The number of hydrogen-bond acceptors (Lipinski definition) is 1. The zero-order valence-electron chi connectivity index (χ0n) is 20.6. The monoisotopic (exact) mass is 504 g/mol. The number of unbranched alkanes of at least 4 members (excludes halogenated alkanes) is 3. The number of halogens is 5. The summed E-state index contributed by atoms with van der Waals surface area (Å²) in [6, 6.07) is 6.61. The SMILES string of the molecule is CCCCC[SiH]1CCC(C2CCC(CCCCc3cc(F)c(OC(F)(F)F)c(F)c3)CC2)CC1. The average molecular weight is 505 g/mol. The second-order valence-electron chi connectivity index (χ2n) is 10.7. The average Bonchev–Trinajstić information content (AvgIpc) is 2.80. The van der Waals surface area contributed by atoms with Crippen LogP contribution in [0.1, 0.15) is 89.5 Å². The summed E-state index contributed by atoms with van der Waals surface area (Å²) in [5.41, 5.74) is 0.377. The van der Waals surface area contributed by atoms with Gasteiger partial charge >= 0.3 is 6.36 Å². The summed E-state index contributed by atoms with van der Waals surface area (Å²) in [5, 5.41) is 0. The number of hydrogen-bond donors (Lipinski definition) is 0. The van der Waals surface area contributed by atoms with Gasteiger partial charge in [0.25, 0.3) is 0 Å². The molecule has 0 amide bonds. The minimum atomic E-state index is -5.11. The van der Waals surface area contributed by atoms with E-state index in [9.17, 15) is 22.0 Å². The van der Waals surface area contributed by atoms with E-state index in [4.69, 9.17) is 0 Å². The van der Waals surface area contributed by atoms with Crippen molar-refractivity contribution in [1.82, 2.24) is 0 Å². The lowest BCUT2D eigenvalue weighted by atomic mass is 9.73. The van der Waals surface area contributed by atoms with Gasteiger partial charge in [-0.25, -0.2) is 8.78 Å². The first-order valence-corrected chi connectivity index (χ1v) is 15.9. The van der Waals surface area contributed by atoms with Crippen molar-refractivity contribution in [3.05, 3.63) is 29.3 Å². The molecule has 1 heterocycles. The Labute approximate surface area is 203 Å². The van der Waals surface area contributed by atoms with Crippen LogP contribution in [0.4, 0.5) is 22.0 Å². The highest BCUT2D eigenvalue weighted by Crippen LogP contribution is 2.42. The van der Waals surface area contributed by atoms with Crippen molar-refractivity contribution in [2.45, 2.75) is 115 Å². The molecule has 1 aromatic carbocycles. The quantitative estimate of drug-likeness (QED) is 0.166. The van der Waals surface area contributed by atoms with Gasteiger partial charge in [0, 0.05) is 8.80 Å². The molecule has 0 N–H and O–H groups in total. The minimum absolute atomic E-state index is 0.377. The number of aryl methyl sites for hydroxylation is 1. The molecule has 7 heteroatoms. The Hall–Kier alpha value is -1.11. The third-order valence-electron chi connectivity index (χ3n) is 8.27. The van der Waals surface area contributed by atoms with Crippen molar-refractivity contribution in [1.29, 1.82) is 0 Å². The molecule has 1 aromatic rings. The molecule has 1 saturated heterocycles. The predicted octanol–water partition coefficient (Wildman–Crippen LogP) is 9.21. The Morgan fingerprint density at radius 1 is 0.853 bits per heavy atom. The molecule has 0 aromatic heterocycles. The summed E-state index contributed by atoms with van der Waals surface area (Å²) < 4.78 is 68.0. The molecule has 0 unspecified atom stereocenters. The topological polar surface area (TPSA) is 9.23 Å². The Balaban J connectivity index is 1.31. The van der Waals surface area contributed by atoms with Crippen molar-refractivity contribution in [2.75, 3.05) is 0 Å². The van der Waals surface area contributed by atoms with Crippen LogP contribution in [-0.4, -0.2) is 15.2 Å². The van der Waals surface area contributed by atoms with Crippen LogP contribution in [0.2, 0.25) is 18.1 Å². The largest absolute Gasteiger partial charge is 0.573 e. The maximum atomic E-state index is 13.9. The van der Waals surface area contributed by atoms with E-state index < -0.39 is 32.5 Å². The van der Waals surface area contributed by atoms with Crippen LogP contribution in [0.15, 0.2) is 12.1 Å². The normalized spacial score (nSPS) is 25.9. The second-order valence-corrected chi connectivity index (χ2v) is 14.2. The number of benzene rings is 1. The van der Waals surface area contributed by atoms with Gasteiger partial charge in [-0.1, -0.05) is 82.8 Å². The molecule has 1 nitrogen and oxygen atoms in total. The highest BCUT2D eigenvalue weighted by atomic mass is 28.3. The van der Waals surface area contributed by atoms with Gasteiger partial charge in [0.05, 0.1) is 0 Å². The molecule has 1 aliphatic carbocycles. The first-order valence-electron chi connectivity index (χ1n) is 13.5. The summed E-state index contributed by atoms with van der Waals surface area (Å²) >= 11 is 0. The van der Waals surface area contributed by atoms with Crippen LogP contribution >= 0.6 is 0 Å². The Kier molecular flexibility index (Phi) is 10.7. The predicted molar refractivity (Wildman–Crippen MR) is 130 cm³/mol. The van der Waals surface area contributed by atoms with E-state index in [1.54, 1.807) is 18.1 Å². The molecular weight excluding hydrogens is 463 g/mol. The summed E-state index contributed by atoms with van der Waals surface area (Å²) in [6.07, 6.45) is 10.7. The van der Waals surface area contributed by atoms with Crippen LogP contribution in [0.3, 0.4) is 0 Å². The van der Waals surface area contributed by atoms with Gasteiger partial charge in [0.2, 0.25) is 5.75 Å². The fourth-order valence-electron chi connectivity index (χ4n) is 6.31.